The smallest absolute Gasteiger partial charge is 0.266 e. The van der Waals surface area contributed by atoms with Crippen molar-refractivity contribution < 1.29 is 13.9 Å². The van der Waals surface area contributed by atoms with Crippen LogP contribution in [0.5, 0.6) is 5.75 Å². The van der Waals surface area contributed by atoms with E-state index in [1.807, 2.05) is 25.1 Å². The van der Waals surface area contributed by atoms with Crippen molar-refractivity contribution in [3.05, 3.63) is 58.8 Å². The summed E-state index contributed by atoms with van der Waals surface area (Å²) in [6.07, 6.45) is 5.57. The number of carbonyl (C=O) groups is 1. The van der Waals surface area contributed by atoms with E-state index in [9.17, 15) is 9.18 Å². The maximum absolute atomic E-state index is 13.2. The molecule has 2 heterocycles. The van der Waals surface area contributed by atoms with E-state index >= 15 is 0 Å². The van der Waals surface area contributed by atoms with E-state index in [0.29, 0.717) is 22.3 Å². The molecule has 0 aromatic heterocycles. The third-order valence-corrected chi connectivity index (χ3v) is 6.49. The Kier molecular flexibility index (Phi) is 6.61. The average Bonchev–Trinajstić information content (AvgIpc) is 3.09. The van der Waals surface area contributed by atoms with Crippen LogP contribution >= 0.6 is 11.8 Å². The number of thioether (sulfide) groups is 1. The fourth-order valence-corrected chi connectivity index (χ4v) is 4.86. The number of nitrogens with zero attached hydrogens (tertiary/aromatic N) is 3. The van der Waals surface area contributed by atoms with Gasteiger partial charge in [-0.1, -0.05) is 0 Å². The SMILES string of the molecule is CCN1C(=O)/C(=C\c2ccc(N3CCCCC3)cc2OC)SC1=Nc1ccc(F)cc1. The Hall–Kier alpha value is -2.80. The molecule has 2 aromatic carbocycles. The lowest BCUT2D eigenvalue weighted by Gasteiger charge is -2.29. The molecule has 0 aliphatic carbocycles. The first-order valence-corrected chi connectivity index (χ1v) is 11.4. The summed E-state index contributed by atoms with van der Waals surface area (Å²) in [4.78, 5) is 22.1. The Morgan fingerprint density at radius 3 is 2.55 bits per heavy atom. The van der Waals surface area contributed by atoms with Crippen molar-refractivity contribution in [2.75, 3.05) is 31.6 Å². The number of likely N-dealkylation sites (N-methyl/N-ethyl adjacent to an activating group) is 1. The molecule has 1 amide bonds. The molecule has 0 N–H and O–H groups in total. The van der Waals surface area contributed by atoms with Crippen molar-refractivity contribution in [1.29, 1.82) is 0 Å². The zero-order chi connectivity index (χ0) is 21.8. The number of amides is 1. The zero-order valence-corrected chi connectivity index (χ0v) is 18.6. The molecule has 162 valence electrons. The second kappa shape index (κ2) is 9.56. The largest absolute Gasteiger partial charge is 0.496 e. The molecule has 2 saturated heterocycles. The first-order chi connectivity index (χ1) is 15.1. The van der Waals surface area contributed by atoms with Gasteiger partial charge in [0.25, 0.3) is 5.91 Å². The number of piperidine rings is 1. The molecule has 4 rings (SSSR count). The number of anilines is 1. The topological polar surface area (TPSA) is 45.1 Å². The van der Waals surface area contributed by atoms with Gasteiger partial charge in [0.1, 0.15) is 11.6 Å². The number of methoxy groups -OCH3 is 1. The van der Waals surface area contributed by atoms with Gasteiger partial charge in [0.05, 0.1) is 17.7 Å². The summed E-state index contributed by atoms with van der Waals surface area (Å²) in [5.74, 6) is 0.346. The normalized spacial score (nSPS) is 19.5. The Morgan fingerprint density at radius 2 is 1.87 bits per heavy atom. The minimum Gasteiger partial charge on any atom is -0.496 e. The first-order valence-electron chi connectivity index (χ1n) is 10.6. The fraction of sp³-hybridized carbons (Fsp3) is 0.333. The van der Waals surface area contributed by atoms with E-state index in [1.165, 1.54) is 43.2 Å². The van der Waals surface area contributed by atoms with Crippen molar-refractivity contribution >= 4 is 40.3 Å². The number of aliphatic imine (C=N–C) groups is 1. The van der Waals surface area contributed by atoms with Crippen LogP contribution in [-0.4, -0.2) is 42.7 Å². The van der Waals surface area contributed by atoms with Gasteiger partial charge in [-0.05, 0) is 80.4 Å². The lowest BCUT2D eigenvalue weighted by molar-refractivity contribution is -0.122. The lowest BCUT2D eigenvalue weighted by Crippen LogP contribution is -2.29. The van der Waals surface area contributed by atoms with Crippen molar-refractivity contribution in [2.24, 2.45) is 4.99 Å². The molecule has 31 heavy (non-hydrogen) atoms. The second-order valence-electron chi connectivity index (χ2n) is 7.50. The summed E-state index contributed by atoms with van der Waals surface area (Å²) in [5.41, 5.74) is 2.62. The average molecular weight is 440 g/mol. The summed E-state index contributed by atoms with van der Waals surface area (Å²) in [6.45, 7) is 4.54. The summed E-state index contributed by atoms with van der Waals surface area (Å²) in [5, 5.41) is 0.592. The van der Waals surface area contributed by atoms with Gasteiger partial charge >= 0.3 is 0 Å². The van der Waals surface area contributed by atoms with Crippen LogP contribution in [-0.2, 0) is 4.79 Å². The molecule has 0 bridgehead atoms. The number of carbonyl (C=O) groups excluding carboxylic acids is 1. The van der Waals surface area contributed by atoms with E-state index < -0.39 is 0 Å². The highest BCUT2D eigenvalue weighted by Crippen LogP contribution is 2.36. The molecule has 2 aliphatic heterocycles. The number of rotatable bonds is 5. The van der Waals surface area contributed by atoms with E-state index in [2.05, 4.69) is 16.0 Å². The molecule has 5 nitrogen and oxygen atoms in total. The maximum Gasteiger partial charge on any atom is 0.266 e. The van der Waals surface area contributed by atoms with Gasteiger partial charge in [0.15, 0.2) is 5.17 Å². The minimum atomic E-state index is -0.313. The number of amidine groups is 1. The predicted octanol–water partition coefficient (Wildman–Crippen LogP) is 5.45. The number of ether oxygens (including phenoxy) is 1. The number of hydrogen-bond acceptors (Lipinski definition) is 5. The van der Waals surface area contributed by atoms with E-state index in [4.69, 9.17) is 4.74 Å². The van der Waals surface area contributed by atoms with Crippen LogP contribution in [0.1, 0.15) is 31.7 Å². The highest BCUT2D eigenvalue weighted by Gasteiger charge is 2.32. The Balaban J connectivity index is 1.61. The summed E-state index contributed by atoms with van der Waals surface area (Å²) in [7, 11) is 1.65. The van der Waals surface area contributed by atoms with Crippen LogP contribution in [0, 0.1) is 5.82 Å². The van der Waals surface area contributed by atoms with Gasteiger partial charge in [-0.15, -0.1) is 0 Å². The van der Waals surface area contributed by atoms with Gasteiger partial charge in [-0.2, -0.15) is 0 Å². The van der Waals surface area contributed by atoms with E-state index in [0.717, 1.165) is 30.1 Å². The van der Waals surface area contributed by atoms with Crippen LogP contribution in [0.25, 0.3) is 6.08 Å². The summed E-state index contributed by atoms with van der Waals surface area (Å²) in [6, 6.07) is 12.1. The molecular weight excluding hydrogens is 413 g/mol. The third-order valence-electron chi connectivity index (χ3n) is 5.48. The van der Waals surface area contributed by atoms with Crippen molar-refractivity contribution in [3.63, 3.8) is 0 Å². The van der Waals surface area contributed by atoms with Crippen molar-refractivity contribution in [3.8, 4) is 5.75 Å². The van der Waals surface area contributed by atoms with Gasteiger partial charge in [-0.25, -0.2) is 9.38 Å². The third kappa shape index (κ3) is 4.77. The van der Waals surface area contributed by atoms with Crippen LogP contribution < -0.4 is 9.64 Å². The molecule has 0 atom stereocenters. The highest BCUT2D eigenvalue weighted by molar-refractivity contribution is 8.18. The van der Waals surface area contributed by atoms with E-state index in [-0.39, 0.29) is 11.7 Å². The monoisotopic (exact) mass is 439 g/mol. The quantitative estimate of drug-likeness (QED) is 0.581. The Bertz CT molecular complexity index is 1010. The van der Waals surface area contributed by atoms with E-state index in [1.54, 1.807) is 24.1 Å². The van der Waals surface area contributed by atoms with Crippen LogP contribution in [0.3, 0.4) is 0 Å². The predicted molar refractivity (Wildman–Crippen MR) is 126 cm³/mol. The van der Waals surface area contributed by atoms with Gasteiger partial charge in [-0.3, -0.25) is 9.69 Å². The Morgan fingerprint density at radius 1 is 1.13 bits per heavy atom. The molecule has 2 fully saturated rings. The molecule has 2 aromatic rings. The minimum absolute atomic E-state index is 0.0875. The standard InChI is InChI=1S/C24H26FN3O2S/c1-3-28-23(29)22(31-24(28)26-19-10-8-18(25)9-11-19)15-17-7-12-20(16-21(17)30-2)27-13-5-4-6-14-27/h7-12,15-16H,3-6,13-14H2,1-2H3/b22-15+,26-24?. The molecule has 0 saturated carbocycles. The highest BCUT2D eigenvalue weighted by atomic mass is 32.2. The lowest BCUT2D eigenvalue weighted by atomic mass is 10.1. The first kappa shape index (κ1) is 21.4. The summed E-state index contributed by atoms with van der Waals surface area (Å²) < 4.78 is 18.8. The summed E-state index contributed by atoms with van der Waals surface area (Å²) >= 11 is 1.32. The second-order valence-corrected chi connectivity index (χ2v) is 8.51. The van der Waals surface area contributed by atoms with Gasteiger partial charge in [0.2, 0.25) is 0 Å². The molecule has 2 aliphatic rings. The van der Waals surface area contributed by atoms with Gasteiger partial charge < -0.3 is 9.64 Å². The molecule has 7 heteroatoms. The maximum atomic E-state index is 13.2. The molecule has 0 unspecified atom stereocenters. The van der Waals surface area contributed by atoms with Crippen molar-refractivity contribution in [1.82, 2.24) is 4.90 Å². The number of benzene rings is 2. The van der Waals surface area contributed by atoms with Crippen LogP contribution in [0.4, 0.5) is 15.8 Å². The van der Waals surface area contributed by atoms with Crippen molar-refractivity contribution in [2.45, 2.75) is 26.2 Å². The number of hydrogen-bond donors (Lipinski definition) is 0. The van der Waals surface area contributed by atoms with Gasteiger partial charge in [0, 0.05) is 37.0 Å². The van der Waals surface area contributed by atoms with Crippen LogP contribution in [0.15, 0.2) is 52.4 Å². The molecule has 0 radical (unpaired) electrons. The fourth-order valence-electron chi connectivity index (χ4n) is 3.81. The Labute approximate surface area is 186 Å². The molecular formula is C24H26FN3O2S. The number of halogens is 1. The molecule has 0 spiro atoms. The zero-order valence-electron chi connectivity index (χ0n) is 17.8. The van der Waals surface area contributed by atoms with Crippen LogP contribution in [0.2, 0.25) is 0 Å².